The summed E-state index contributed by atoms with van der Waals surface area (Å²) >= 11 is 3.31. The highest BCUT2D eigenvalue weighted by atomic mass is 79.9. The first kappa shape index (κ1) is 15.8. The largest absolute Gasteiger partial charge is 0.433 e. The van der Waals surface area contributed by atoms with Gasteiger partial charge in [0.1, 0.15) is 5.69 Å². The van der Waals surface area contributed by atoms with E-state index in [0.29, 0.717) is 16.8 Å². The van der Waals surface area contributed by atoms with Crippen LogP contribution in [0.25, 0.3) is 11.1 Å². The van der Waals surface area contributed by atoms with Crippen LogP contribution >= 0.6 is 15.9 Å². The van der Waals surface area contributed by atoms with E-state index in [1.54, 1.807) is 24.5 Å². The van der Waals surface area contributed by atoms with Crippen molar-refractivity contribution in [2.24, 2.45) is 0 Å². The number of alkyl halides is 3. The Hall–Kier alpha value is -2.26. The number of pyridine rings is 2. The fraction of sp³-hybridized carbons (Fsp3) is 0.278. The van der Waals surface area contributed by atoms with Gasteiger partial charge in [-0.05, 0) is 52.2 Å². The molecule has 142 valence electrons. The molecule has 0 aliphatic carbocycles. The predicted octanol–water partition coefficient (Wildman–Crippen LogP) is 4.75. The van der Waals surface area contributed by atoms with Gasteiger partial charge >= 0.3 is 6.18 Å². The fourth-order valence-electron chi connectivity index (χ4n) is 2.59. The molecule has 1 unspecified atom stereocenters. The van der Waals surface area contributed by atoms with Crippen LogP contribution in [0.5, 0.6) is 0 Å². The van der Waals surface area contributed by atoms with E-state index >= 15 is 0 Å². The van der Waals surface area contributed by atoms with Gasteiger partial charge in [0.25, 0.3) is 0 Å². The smallest absolute Gasteiger partial charge is 0.385 e. The summed E-state index contributed by atoms with van der Waals surface area (Å²) in [6, 6.07) is 5.47. The van der Waals surface area contributed by atoms with E-state index in [2.05, 4.69) is 31.0 Å². The zero-order valence-corrected chi connectivity index (χ0v) is 15.4. The van der Waals surface area contributed by atoms with Crippen molar-refractivity contribution in [1.29, 1.82) is 0 Å². The molecular weight excluding hydrogens is 425 g/mol. The van der Waals surface area contributed by atoms with E-state index in [1.165, 1.54) is 16.9 Å². The van der Waals surface area contributed by atoms with Crippen molar-refractivity contribution >= 4 is 15.9 Å². The van der Waals surface area contributed by atoms with E-state index in [-0.39, 0.29) is 13.0 Å². The monoisotopic (exact) mass is 443 g/mol. The summed E-state index contributed by atoms with van der Waals surface area (Å²) in [6.07, 6.45) is 1.40. The van der Waals surface area contributed by atoms with Crippen molar-refractivity contribution in [3.8, 4) is 11.1 Å². The maximum atomic E-state index is 13.0. The van der Waals surface area contributed by atoms with Gasteiger partial charge in [0, 0.05) is 42.3 Å². The van der Waals surface area contributed by atoms with Crippen molar-refractivity contribution in [2.45, 2.75) is 18.6 Å². The van der Waals surface area contributed by atoms with Crippen LogP contribution in [-0.2, 0) is 10.9 Å². The molecule has 0 fully saturated rings. The van der Waals surface area contributed by atoms with Crippen molar-refractivity contribution in [2.75, 3.05) is 13.6 Å². The molecule has 9 heteroatoms. The minimum atomic E-state index is -4.55. The highest BCUT2D eigenvalue weighted by Gasteiger charge is 2.32. The second kappa shape index (κ2) is 8.18. The molecule has 0 aromatic carbocycles. The maximum absolute atomic E-state index is 13.0. The number of hydrogen-bond acceptors (Lipinski definition) is 4. The molecule has 0 aliphatic rings. The molecule has 0 spiro atoms. The Morgan fingerprint density at radius 1 is 1.22 bits per heavy atom. The Morgan fingerprint density at radius 3 is 2.78 bits per heavy atom. The quantitative estimate of drug-likeness (QED) is 0.551. The molecule has 0 aliphatic heterocycles. The van der Waals surface area contributed by atoms with Gasteiger partial charge in [-0.1, -0.05) is 0 Å². The summed E-state index contributed by atoms with van der Waals surface area (Å²) in [7, 11) is -2.53. The lowest BCUT2D eigenvalue weighted by atomic mass is 10.1. The number of hydrogen-bond donors (Lipinski definition) is 0. The van der Waals surface area contributed by atoms with Crippen LogP contribution in [0.15, 0.2) is 53.5 Å². The Bertz CT molecular complexity index is 993. The lowest BCUT2D eigenvalue weighted by Crippen LogP contribution is -2.14. The van der Waals surface area contributed by atoms with E-state index in [1.807, 2.05) is 0 Å². The molecule has 0 saturated carbocycles. The average Bonchev–Trinajstić information content (AvgIpc) is 3.15. The molecule has 0 bridgehead atoms. The third kappa shape index (κ3) is 4.72. The zero-order chi connectivity index (χ0) is 21.9. The van der Waals surface area contributed by atoms with Crippen molar-refractivity contribution in [3.63, 3.8) is 0 Å². The Balaban J connectivity index is 1.89. The standard InChI is InChI=1S/C18H16BrF3N4O/c1-27-7-5-16(15-3-2-14(19)10-24-15)26-11-13(9-25-26)12-4-6-23-17(8-12)18(20,21)22/h2-4,6,8-11,16H,5,7H2,1H3/i1D3. The van der Waals surface area contributed by atoms with Gasteiger partial charge in [-0.3, -0.25) is 14.6 Å². The lowest BCUT2D eigenvalue weighted by Gasteiger charge is -2.17. The van der Waals surface area contributed by atoms with Gasteiger partial charge in [-0.25, -0.2) is 0 Å². The Labute approximate surface area is 166 Å². The molecule has 1 atom stereocenters. The predicted molar refractivity (Wildman–Crippen MR) is 97.0 cm³/mol. The van der Waals surface area contributed by atoms with Gasteiger partial charge in [-0.2, -0.15) is 18.3 Å². The van der Waals surface area contributed by atoms with E-state index in [9.17, 15) is 13.2 Å². The van der Waals surface area contributed by atoms with E-state index in [4.69, 9.17) is 8.85 Å². The Morgan fingerprint density at radius 2 is 2.07 bits per heavy atom. The van der Waals surface area contributed by atoms with E-state index < -0.39 is 25.0 Å². The number of halogens is 4. The van der Waals surface area contributed by atoms with Gasteiger partial charge < -0.3 is 4.74 Å². The molecule has 0 radical (unpaired) electrons. The third-order valence-electron chi connectivity index (χ3n) is 3.89. The minimum absolute atomic E-state index is 0.0818. The second-order valence-electron chi connectivity index (χ2n) is 5.69. The van der Waals surface area contributed by atoms with Crippen LogP contribution in [0.1, 0.15) is 28.0 Å². The lowest BCUT2D eigenvalue weighted by molar-refractivity contribution is -0.141. The van der Waals surface area contributed by atoms with Gasteiger partial charge in [0.15, 0.2) is 0 Å². The maximum Gasteiger partial charge on any atom is 0.433 e. The summed E-state index contributed by atoms with van der Waals surface area (Å²) in [6.45, 7) is -0.0818. The summed E-state index contributed by atoms with van der Waals surface area (Å²) < 4.78 is 67.5. The number of aromatic nitrogens is 4. The van der Waals surface area contributed by atoms with Crippen molar-refractivity contribution in [1.82, 2.24) is 19.7 Å². The van der Waals surface area contributed by atoms with E-state index in [0.717, 1.165) is 16.7 Å². The molecule has 0 saturated heterocycles. The summed E-state index contributed by atoms with van der Waals surface area (Å²) in [4.78, 5) is 7.70. The van der Waals surface area contributed by atoms with Crippen LogP contribution in [0.4, 0.5) is 13.2 Å². The number of rotatable bonds is 6. The molecular formula is C18H16BrF3N4O. The van der Waals surface area contributed by atoms with Crippen LogP contribution in [0.3, 0.4) is 0 Å². The molecule has 3 aromatic rings. The van der Waals surface area contributed by atoms with Crippen molar-refractivity contribution in [3.05, 3.63) is 64.9 Å². The number of ether oxygens (including phenoxy) is 1. The molecule has 3 rings (SSSR count). The fourth-order valence-corrected chi connectivity index (χ4v) is 2.83. The first-order chi connectivity index (χ1) is 14.0. The SMILES string of the molecule is [2H]C([2H])([2H])OCCC(c1ccc(Br)cn1)n1cc(-c2ccnc(C(F)(F)F)c2)cn1. The summed E-state index contributed by atoms with van der Waals surface area (Å²) in [5, 5.41) is 4.27. The van der Waals surface area contributed by atoms with Crippen LogP contribution in [0, 0.1) is 0 Å². The number of nitrogens with zero attached hydrogens (tertiary/aromatic N) is 4. The molecule has 0 N–H and O–H groups in total. The van der Waals surface area contributed by atoms with Gasteiger partial charge in [-0.15, -0.1) is 0 Å². The third-order valence-corrected chi connectivity index (χ3v) is 4.36. The number of methoxy groups -OCH3 is 1. The van der Waals surface area contributed by atoms with Crippen molar-refractivity contribution < 1.29 is 22.0 Å². The summed E-state index contributed by atoms with van der Waals surface area (Å²) in [5.41, 5.74) is 0.379. The molecule has 27 heavy (non-hydrogen) atoms. The molecule has 0 amide bonds. The average molecular weight is 444 g/mol. The first-order valence-electron chi connectivity index (χ1n) is 9.36. The van der Waals surface area contributed by atoms with Crippen LogP contribution < -0.4 is 0 Å². The summed E-state index contributed by atoms with van der Waals surface area (Å²) in [5.74, 6) is 0. The first-order valence-corrected chi connectivity index (χ1v) is 8.65. The van der Waals surface area contributed by atoms with Crippen LogP contribution in [-0.4, -0.2) is 33.4 Å². The Kier molecular flexibility index (Phi) is 4.78. The zero-order valence-electron chi connectivity index (χ0n) is 16.8. The molecule has 3 heterocycles. The van der Waals surface area contributed by atoms with Gasteiger partial charge in [0.05, 0.1) is 22.0 Å². The van der Waals surface area contributed by atoms with Crippen LogP contribution in [0.2, 0.25) is 0 Å². The molecule has 3 aromatic heterocycles. The highest BCUT2D eigenvalue weighted by molar-refractivity contribution is 9.10. The normalized spacial score (nSPS) is 15.0. The highest BCUT2D eigenvalue weighted by Crippen LogP contribution is 2.31. The molecule has 5 nitrogen and oxygen atoms in total. The minimum Gasteiger partial charge on any atom is -0.385 e. The van der Waals surface area contributed by atoms with Gasteiger partial charge in [0.2, 0.25) is 0 Å². The second-order valence-corrected chi connectivity index (χ2v) is 6.61. The topological polar surface area (TPSA) is 52.8 Å².